The van der Waals surface area contributed by atoms with Crippen molar-refractivity contribution in [3.8, 4) is 11.5 Å². The van der Waals surface area contributed by atoms with Gasteiger partial charge in [0.2, 0.25) is 5.91 Å². The number of halogens is 2. The van der Waals surface area contributed by atoms with Crippen LogP contribution in [0.4, 0.5) is 0 Å². The summed E-state index contributed by atoms with van der Waals surface area (Å²) in [6.07, 6.45) is 0. The van der Waals surface area contributed by atoms with Gasteiger partial charge in [-0.3, -0.25) is 9.59 Å². The van der Waals surface area contributed by atoms with Crippen LogP contribution >= 0.6 is 23.2 Å². The summed E-state index contributed by atoms with van der Waals surface area (Å²) in [6.45, 7) is 0.148. The average molecular weight is 563 g/mol. The minimum Gasteiger partial charge on any atom is -0.497 e. The van der Waals surface area contributed by atoms with Gasteiger partial charge in [0.1, 0.15) is 17.5 Å². The van der Waals surface area contributed by atoms with Crippen molar-refractivity contribution in [2.45, 2.75) is 19.1 Å². The number of hydrogen-bond acceptors (Lipinski definition) is 4. The van der Waals surface area contributed by atoms with E-state index in [9.17, 15) is 9.59 Å². The lowest BCUT2D eigenvalue weighted by atomic mass is 10.0. The van der Waals surface area contributed by atoms with E-state index in [1.807, 2.05) is 66.7 Å². The molecule has 0 fully saturated rings. The molecule has 0 aromatic heterocycles. The molecule has 39 heavy (non-hydrogen) atoms. The molecule has 0 radical (unpaired) electrons. The van der Waals surface area contributed by atoms with Crippen LogP contribution in [-0.2, 0) is 22.7 Å². The molecule has 0 saturated carbocycles. The molecule has 0 heterocycles. The third kappa shape index (κ3) is 7.76. The summed E-state index contributed by atoms with van der Waals surface area (Å²) in [5.41, 5.74) is 2.38. The molecule has 4 aromatic rings. The van der Waals surface area contributed by atoms with Gasteiger partial charge in [0.25, 0.3) is 5.91 Å². The quantitative estimate of drug-likeness (QED) is 0.227. The van der Waals surface area contributed by atoms with Crippen molar-refractivity contribution in [3.05, 3.63) is 130 Å². The van der Waals surface area contributed by atoms with Crippen molar-refractivity contribution < 1.29 is 19.1 Å². The van der Waals surface area contributed by atoms with Crippen LogP contribution in [-0.4, -0.2) is 30.4 Å². The summed E-state index contributed by atoms with van der Waals surface area (Å²) in [4.78, 5) is 29.0. The molecule has 0 aliphatic carbocycles. The van der Waals surface area contributed by atoms with E-state index in [1.54, 1.807) is 43.5 Å². The number of ether oxygens (including phenoxy) is 2. The lowest BCUT2D eigenvalue weighted by Crippen LogP contribution is -2.45. The van der Waals surface area contributed by atoms with E-state index in [1.165, 1.54) is 4.90 Å². The number of nitrogens with one attached hydrogen (secondary N) is 1. The second kappa shape index (κ2) is 13.7. The van der Waals surface area contributed by atoms with Gasteiger partial charge in [-0.25, -0.2) is 0 Å². The minimum absolute atomic E-state index is 0.164. The first-order valence-electron chi connectivity index (χ1n) is 12.3. The molecular weight excluding hydrogens is 535 g/mol. The van der Waals surface area contributed by atoms with Crippen LogP contribution in [0.2, 0.25) is 10.0 Å². The maximum atomic E-state index is 13.7. The van der Waals surface area contributed by atoms with Crippen molar-refractivity contribution in [1.29, 1.82) is 0 Å². The Balaban J connectivity index is 1.62. The number of para-hydroxylation sites is 1. The Morgan fingerprint density at radius 3 is 2.13 bits per heavy atom. The Morgan fingerprint density at radius 1 is 0.821 bits per heavy atom. The molecule has 1 N–H and O–H groups in total. The number of benzene rings is 4. The van der Waals surface area contributed by atoms with Gasteiger partial charge >= 0.3 is 0 Å². The Bertz CT molecular complexity index is 1380. The summed E-state index contributed by atoms with van der Waals surface area (Å²) in [5.74, 6) is 0.417. The van der Waals surface area contributed by atoms with Crippen LogP contribution < -0.4 is 14.8 Å². The first-order chi connectivity index (χ1) is 18.9. The third-order valence-electron chi connectivity index (χ3n) is 6.08. The smallest absolute Gasteiger partial charge is 0.261 e. The number of carbonyl (C=O) groups excluding carboxylic acids is 2. The predicted octanol–water partition coefficient (Wildman–Crippen LogP) is 6.47. The fourth-order valence-corrected chi connectivity index (χ4v) is 4.35. The van der Waals surface area contributed by atoms with Gasteiger partial charge in [-0.05, 0) is 53.1 Å². The SMILES string of the molecule is COc1ccc(CNC(=O)[C@@H](c2ccccc2)N(Cc2ccc(Cl)cc2)C(=O)COc2ccccc2Cl)cc1. The summed E-state index contributed by atoms with van der Waals surface area (Å²) in [5, 5.41) is 3.97. The Labute approximate surface area is 238 Å². The van der Waals surface area contributed by atoms with Crippen molar-refractivity contribution in [3.63, 3.8) is 0 Å². The van der Waals surface area contributed by atoms with Crippen molar-refractivity contribution >= 4 is 35.0 Å². The number of nitrogens with zero attached hydrogens (tertiary/aromatic N) is 1. The number of hydrogen-bond donors (Lipinski definition) is 1. The molecule has 8 heteroatoms. The summed E-state index contributed by atoms with van der Waals surface area (Å²) in [6, 6.07) is 29.8. The fourth-order valence-electron chi connectivity index (χ4n) is 4.03. The first-order valence-corrected chi connectivity index (χ1v) is 13.1. The van der Waals surface area contributed by atoms with E-state index in [2.05, 4.69) is 5.32 Å². The molecule has 1 atom stereocenters. The maximum Gasteiger partial charge on any atom is 0.261 e. The highest BCUT2D eigenvalue weighted by atomic mass is 35.5. The van der Waals surface area contributed by atoms with Crippen LogP contribution in [0.1, 0.15) is 22.7 Å². The Kier molecular flexibility index (Phi) is 9.84. The molecular formula is C31H28Cl2N2O4. The van der Waals surface area contributed by atoms with Crippen LogP contribution in [0.5, 0.6) is 11.5 Å². The zero-order valence-corrected chi connectivity index (χ0v) is 22.9. The van der Waals surface area contributed by atoms with Gasteiger partial charge < -0.3 is 19.7 Å². The fraction of sp³-hybridized carbons (Fsp3) is 0.161. The largest absolute Gasteiger partial charge is 0.497 e. The molecule has 200 valence electrons. The standard InChI is InChI=1S/C31H28Cl2N2O4/c1-38-26-17-13-22(14-18-26)19-34-31(37)30(24-7-3-2-4-8-24)35(20-23-11-15-25(32)16-12-23)29(36)21-39-28-10-6-5-9-27(28)33/h2-18,30H,19-21H2,1H3,(H,34,37)/t30-/m1/s1. The lowest BCUT2D eigenvalue weighted by Gasteiger charge is -2.31. The van der Waals surface area contributed by atoms with Crippen LogP contribution in [0.3, 0.4) is 0 Å². The predicted molar refractivity (Wildman–Crippen MR) is 153 cm³/mol. The minimum atomic E-state index is -0.914. The van der Waals surface area contributed by atoms with Gasteiger partial charge in [0.05, 0.1) is 12.1 Å². The molecule has 4 aromatic carbocycles. The van der Waals surface area contributed by atoms with Crippen LogP contribution in [0.25, 0.3) is 0 Å². The second-order valence-electron chi connectivity index (χ2n) is 8.75. The average Bonchev–Trinajstić information content (AvgIpc) is 2.97. The third-order valence-corrected chi connectivity index (χ3v) is 6.64. The van der Waals surface area contributed by atoms with Gasteiger partial charge in [0.15, 0.2) is 6.61 Å². The number of carbonyl (C=O) groups is 2. The van der Waals surface area contributed by atoms with E-state index in [0.717, 1.165) is 16.9 Å². The zero-order valence-electron chi connectivity index (χ0n) is 21.3. The molecule has 0 aliphatic heterocycles. The molecule has 4 rings (SSSR count). The monoisotopic (exact) mass is 562 g/mol. The summed E-state index contributed by atoms with van der Waals surface area (Å²) < 4.78 is 11.0. The maximum absolute atomic E-state index is 13.7. The van der Waals surface area contributed by atoms with Gasteiger partial charge in [0, 0.05) is 18.1 Å². The van der Waals surface area contributed by atoms with Crippen LogP contribution in [0, 0.1) is 0 Å². The summed E-state index contributed by atoms with van der Waals surface area (Å²) >= 11 is 12.3. The molecule has 0 bridgehead atoms. The molecule has 0 saturated heterocycles. The van der Waals surface area contributed by atoms with E-state index < -0.39 is 6.04 Å². The van der Waals surface area contributed by atoms with Crippen LogP contribution in [0.15, 0.2) is 103 Å². The molecule has 0 spiro atoms. The summed E-state index contributed by atoms with van der Waals surface area (Å²) in [7, 11) is 1.60. The van der Waals surface area contributed by atoms with E-state index in [-0.39, 0.29) is 31.5 Å². The lowest BCUT2D eigenvalue weighted by molar-refractivity contribution is -0.143. The normalized spacial score (nSPS) is 11.4. The molecule has 2 amide bonds. The number of amides is 2. The Hall–Kier alpha value is -4.00. The molecule has 0 unspecified atom stereocenters. The van der Waals surface area contributed by atoms with Crippen molar-refractivity contribution in [2.24, 2.45) is 0 Å². The number of rotatable bonds is 11. The van der Waals surface area contributed by atoms with E-state index >= 15 is 0 Å². The Morgan fingerprint density at radius 2 is 1.46 bits per heavy atom. The van der Waals surface area contributed by atoms with Gasteiger partial charge in [-0.1, -0.05) is 89.9 Å². The molecule has 0 aliphatic rings. The van der Waals surface area contributed by atoms with E-state index in [4.69, 9.17) is 32.7 Å². The highest BCUT2D eigenvalue weighted by molar-refractivity contribution is 6.32. The first kappa shape index (κ1) is 28.0. The van der Waals surface area contributed by atoms with Gasteiger partial charge in [-0.2, -0.15) is 0 Å². The van der Waals surface area contributed by atoms with Crippen molar-refractivity contribution in [1.82, 2.24) is 10.2 Å². The van der Waals surface area contributed by atoms with Gasteiger partial charge in [-0.15, -0.1) is 0 Å². The molecule has 6 nitrogen and oxygen atoms in total. The van der Waals surface area contributed by atoms with Crippen molar-refractivity contribution in [2.75, 3.05) is 13.7 Å². The second-order valence-corrected chi connectivity index (χ2v) is 9.59. The number of methoxy groups -OCH3 is 1. The van der Waals surface area contributed by atoms with E-state index in [0.29, 0.717) is 21.4 Å². The zero-order chi connectivity index (χ0) is 27.6. The topological polar surface area (TPSA) is 67.9 Å². The highest BCUT2D eigenvalue weighted by Gasteiger charge is 2.32. The highest BCUT2D eigenvalue weighted by Crippen LogP contribution is 2.27.